The number of aryl methyl sites for hydroxylation is 1. The predicted octanol–water partition coefficient (Wildman–Crippen LogP) is 3.09. The van der Waals surface area contributed by atoms with E-state index < -0.39 is 0 Å². The van der Waals surface area contributed by atoms with Crippen LogP contribution in [0.4, 0.5) is 10.2 Å². The number of rotatable bonds is 8. The molecule has 0 saturated carbocycles. The normalized spacial score (nSPS) is 11.2. The lowest BCUT2D eigenvalue weighted by Gasteiger charge is -2.12. The molecule has 6 heteroatoms. The van der Waals surface area contributed by atoms with Gasteiger partial charge in [-0.05, 0) is 49.1 Å². The Hall–Kier alpha value is -2.63. The molecular formula is C19H26FN5. The third-order valence-electron chi connectivity index (χ3n) is 3.77. The van der Waals surface area contributed by atoms with Crippen LogP contribution in [0.15, 0.2) is 47.6 Å². The van der Waals surface area contributed by atoms with Crippen molar-refractivity contribution in [1.82, 2.24) is 15.6 Å². The van der Waals surface area contributed by atoms with E-state index in [1.807, 2.05) is 24.3 Å². The zero-order chi connectivity index (χ0) is 17.9. The Balaban J connectivity index is 1.61. The highest BCUT2D eigenvalue weighted by Gasteiger charge is 2.01. The summed E-state index contributed by atoms with van der Waals surface area (Å²) in [6.07, 6.45) is 3.84. The number of benzene rings is 1. The number of halogens is 1. The van der Waals surface area contributed by atoms with Gasteiger partial charge >= 0.3 is 0 Å². The molecule has 1 aromatic heterocycles. The van der Waals surface area contributed by atoms with Crippen molar-refractivity contribution in [3.8, 4) is 0 Å². The number of aliphatic imine (C=N–C) groups is 1. The highest BCUT2D eigenvalue weighted by atomic mass is 19.1. The maximum Gasteiger partial charge on any atom is 0.191 e. The number of anilines is 1. The third kappa shape index (κ3) is 6.79. The van der Waals surface area contributed by atoms with Gasteiger partial charge in [0.05, 0.1) is 0 Å². The lowest BCUT2D eigenvalue weighted by Crippen LogP contribution is -2.37. The molecule has 2 aromatic rings. The molecule has 0 amide bonds. The van der Waals surface area contributed by atoms with Gasteiger partial charge in [0.25, 0.3) is 0 Å². The Morgan fingerprint density at radius 1 is 1.12 bits per heavy atom. The third-order valence-corrected chi connectivity index (χ3v) is 3.77. The molecule has 5 nitrogen and oxygen atoms in total. The van der Waals surface area contributed by atoms with E-state index in [1.165, 1.54) is 6.07 Å². The highest BCUT2D eigenvalue weighted by Crippen LogP contribution is 2.08. The number of unbranched alkanes of at least 4 members (excludes halogenated alkanes) is 1. The van der Waals surface area contributed by atoms with Gasteiger partial charge in [-0.1, -0.05) is 18.2 Å². The Kier molecular flexibility index (Phi) is 7.69. The fraction of sp³-hybridized carbons (Fsp3) is 0.368. The van der Waals surface area contributed by atoms with Crippen LogP contribution >= 0.6 is 0 Å². The standard InChI is InChI=1S/C19H26FN5/c1-15-13-16(8-9-17(15)20)14-25-19(21-2)24-12-6-5-11-23-18-7-3-4-10-22-18/h3-4,7-10,13H,5-6,11-12,14H2,1-2H3,(H,22,23)(H2,21,24,25). The highest BCUT2D eigenvalue weighted by molar-refractivity contribution is 5.79. The number of aromatic nitrogens is 1. The molecule has 25 heavy (non-hydrogen) atoms. The maximum atomic E-state index is 13.3. The van der Waals surface area contributed by atoms with Gasteiger partial charge in [0, 0.05) is 32.9 Å². The fourth-order valence-electron chi connectivity index (χ4n) is 2.36. The van der Waals surface area contributed by atoms with Crippen molar-refractivity contribution in [2.75, 3.05) is 25.5 Å². The number of nitrogens with one attached hydrogen (secondary N) is 3. The first-order valence-electron chi connectivity index (χ1n) is 8.53. The van der Waals surface area contributed by atoms with E-state index in [-0.39, 0.29) is 5.82 Å². The molecule has 2 rings (SSSR count). The minimum atomic E-state index is -0.175. The van der Waals surface area contributed by atoms with Crippen molar-refractivity contribution < 1.29 is 4.39 Å². The summed E-state index contributed by atoms with van der Waals surface area (Å²) in [5, 5.41) is 9.81. The Morgan fingerprint density at radius 2 is 1.96 bits per heavy atom. The van der Waals surface area contributed by atoms with E-state index in [9.17, 15) is 4.39 Å². The summed E-state index contributed by atoms with van der Waals surface area (Å²) in [7, 11) is 1.74. The summed E-state index contributed by atoms with van der Waals surface area (Å²) in [5.74, 6) is 1.48. The van der Waals surface area contributed by atoms with Crippen molar-refractivity contribution in [1.29, 1.82) is 0 Å². The maximum absolute atomic E-state index is 13.3. The molecular weight excluding hydrogens is 317 g/mol. The summed E-state index contributed by atoms with van der Waals surface area (Å²) < 4.78 is 13.3. The Bertz CT molecular complexity index is 673. The number of hydrogen-bond acceptors (Lipinski definition) is 3. The minimum Gasteiger partial charge on any atom is -0.370 e. The molecule has 0 radical (unpaired) electrons. The number of guanidine groups is 1. The second-order valence-electron chi connectivity index (χ2n) is 5.78. The van der Waals surface area contributed by atoms with Crippen LogP contribution < -0.4 is 16.0 Å². The van der Waals surface area contributed by atoms with Crippen LogP contribution in [0.2, 0.25) is 0 Å². The molecule has 0 aliphatic carbocycles. The van der Waals surface area contributed by atoms with Gasteiger partial charge in [-0.2, -0.15) is 0 Å². The fourth-order valence-corrected chi connectivity index (χ4v) is 2.36. The lowest BCUT2D eigenvalue weighted by molar-refractivity contribution is 0.617. The average molecular weight is 343 g/mol. The van der Waals surface area contributed by atoms with Crippen LogP contribution in [0.5, 0.6) is 0 Å². The first-order chi connectivity index (χ1) is 12.2. The summed E-state index contributed by atoms with van der Waals surface area (Å²) in [4.78, 5) is 8.43. The van der Waals surface area contributed by atoms with Gasteiger partial charge in [0.15, 0.2) is 5.96 Å². The number of pyridine rings is 1. The van der Waals surface area contributed by atoms with Crippen molar-refractivity contribution in [2.45, 2.75) is 26.3 Å². The molecule has 0 saturated heterocycles. The van der Waals surface area contributed by atoms with Crippen LogP contribution in [0, 0.1) is 12.7 Å². The Morgan fingerprint density at radius 3 is 2.68 bits per heavy atom. The topological polar surface area (TPSA) is 61.3 Å². The smallest absolute Gasteiger partial charge is 0.191 e. The second-order valence-corrected chi connectivity index (χ2v) is 5.78. The molecule has 1 aromatic carbocycles. The summed E-state index contributed by atoms with van der Waals surface area (Å²) in [5.41, 5.74) is 1.68. The molecule has 0 aliphatic heterocycles. The molecule has 0 fully saturated rings. The number of nitrogens with zero attached hydrogens (tertiary/aromatic N) is 2. The molecule has 0 atom stereocenters. The average Bonchev–Trinajstić information content (AvgIpc) is 2.64. The molecule has 134 valence electrons. The van der Waals surface area contributed by atoms with Crippen LogP contribution in [0.25, 0.3) is 0 Å². The van der Waals surface area contributed by atoms with Crippen molar-refractivity contribution in [3.05, 3.63) is 59.5 Å². The zero-order valence-corrected chi connectivity index (χ0v) is 14.8. The van der Waals surface area contributed by atoms with Gasteiger partial charge in [-0.15, -0.1) is 0 Å². The largest absolute Gasteiger partial charge is 0.370 e. The monoisotopic (exact) mass is 343 g/mol. The van der Waals surface area contributed by atoms with E-state index in [2.05, 4.69) is 25.9 Å². The molecule has 0 spiro atoms. The zero-order valence-electron chi connectivity index (χ0n) is 14.8. The molecule has 3 N–H and O–H groups in total. The van der Waals surface area contributed by atoms with Crippen LogP contribution in [0.3, 0.4) is 0 Å². The van der Waals surface area contributed by atoms with E-state index in [0.29, 0.717) is 12.1 Å². The molecule has 0 aliphatic rings. The summed E-state index contributed by atoms with van der Waals surface area (Å²) in [6, 6.07) is 11.0. The first kappa shape index (κ1) is 18.7. The molecule has 0 bridgehead atoms. The van der Waals surface area contributed by atoms with Crippen LogP contribution in [-0.4, -0.2) is 31.1 Å². The van der Waals surface area contributed by atoms with E-state index >= 15 is 0 Å². The van der Waals surface area contributed by atoms with Gasteiger partial charge < -0.3 is 16.0 Å². The quantitative estimate of drug-likeness (QED) is 0.392. The molecule has 1 heterocycles. The first-order valence-corrected chi connectivity index (χ1v) is 8.53. The molecule has 0 unspecified atom stereocenters. The SMILES string of the molecule is CN=C(NCCCCNc1ccccn1)NCc1ccc(F)c(C)c1. The van der Waals surface area contributed by atoms with E-state index in [1.54, 1.807) is 26.2 Å². The van der Waals surface area contributed by atoms with Gasteiger partial charge in [0.1, 0.15) is 11.6 Å². The van der Waals surface area contributed by atoms with Crippen LogP contribution in [-0.2, 0) is 6.54 Å². The predicted molar refractivity (Wildman–Crippen MR) is 101 cm³/mol. The minimum absolute atomic E-state index is 0.175. The van der Waals surface area contributed by atoms with Crippen molar-refractivity contribution in [3.63, 3.8) is 0 Å². The second kappa shape index (κ2) is 10.3. The Labute approximate surface area is 148 Å². The lowest BCUT2D eigenvalue weighted by atomic mass is 10.1. The van der Waals surface area contributed by atoms with Crippen molar-refractivity contribution in [2.24, 2.45) is 4.99 Å². The number of hydrogen-bond donors (Lipinski definition) is 3. The van der Waals surface area contributed by atoms with E-state index in [4.69, 9.17) is 0 Å². The van der Waals surface area contributed by atoms with Crippen molar-refractivity contribution >= 4 is 11.8 Å². The summed E-state index contributed by atoms with van der Waals surface area (Å²) in [6.45, 7) is 4.11. The van der Waals surface area contributed by atoms with Gasteiger partial charge in [0.2, 0.25) is 0 Å². The van der Waals surface area contributed by atoms with Gasteiger partial charge in [-0.3, -0.25) is 4.99 Å². The van der Waals surface area contributed by atoms with E-state index in [0.717, 1.165) is 43.3 Å². The summed E-state index contributed by atoms with van der Waals surface area (Å²) >= 11 is 0. The van der Waals surface area contributed by atoms with Gasteiger partial charge in [-0.25, -0.2) is 9.37 Å². The van der Waals surface area contributed by atoms with Crippen LogP contribution in [0.1, 0.15) is 24.0 Å².